The highest BCUT2D eigenvalue weighted by molar-refractivity contribution is 6.07. The van der Waals surface area contributed by atoms with Crippen LogP contribution in [0.15, 0.2) is 72.8 Å². The molecule has 4 rings (SSSR count). The van der Waals surface area contributed by atoms with E-state index < -0.39 is 0 Å². The molecule has 1 atom stereocenters. The van der Waals surface area contributed by atoms with Crippen LogP contribution in [0.5, 0.6) is 0 Å². The van der Waals surface area contributed by atoms with E-state index in [1.54, 1.807) is 0 Å². The van der Waals surface area contributed by atoms with Crippen LogP contribution in [0.3, 0.4) is 0 Å². The summed E-state index contributed by atoms with van der Waals surface area (Å²) in [6.45, 7) is 8.27. The number of nitrogens with zero attached hydrogens (tertiary/aromatic N) is 1. The normalized spacial score (nSPS) is 12.0. The smallest absolute Gasteiger partial charge is 0.252 e. The Morgan fingerprint density at radius 2 is 1.67 bits per heavy atom. The van der Waals surface area contributed by atoms with Gasteiger partial charge in [0.05, 0.1) is 22.8 Å². The third-order valence-electron chi connectivity index (χ3n) is 5.65. The summed E-state index contributed by atoms with van der Waals surface area (Å²) in [6.07, 6.45) is 0. The summed E-state index contributed by atoms with van der Waals surface area (Å²) in [5, 5.41) is 4.03. The SMILES string of the molecule is Cc1cccc(-c2cc(C(=O)N[C@H](C)c3ccc(C)c(C)c3)c3ccccc3n2)c1. The Morgan fingerprint density at radius 1 is 0.867 bits per heavy atom. The number of hydrogen-bond acceptors (Lipinski definition) is 2. The van der Waals surface area contributed by atoms with Crippen LogP contribution in [0, 0.1) is 20.8 Å². The van der Waals surface area contributed by atoms with Crippen LogP contribution >= 0.6 is 0 Å². The number of aromatic nitrogens is 1. The minimum absolute atomic E-state index is 0.0896. The Bertz CT molecular complexity index is 1240. The molecule has 0 bridgehead atoms. The lowest BCUT2D eigenvalue weighted by Gasteiger charge is -2.17. The third-order valence-corrected chi connectivity index (χ3v) is 5.65. The maximum atomic E-state index is 13.3. The molecule has 150 valence electrons. The Kier molecular flexibility index (Phi) is 5.37. The second-order valence-corrected chi connectivity index (χ2v) is 7.98. The van der Waals surface area contributed by atoms with Crippen molar-refractivity contribution in [3.63, 3.8) is 0 Å². The number of rotatable bonds is 4. The first-order chi connectivity index (χ1) is 14.4. The fourth-order valence-electron chi connectivity index (χ4n) is 3.71. The van der Waals surface area contributed by atoms with Gasteiger partial charge < -0.3 is 5.32 Å². The predicted octanol–water partition coefficient (Wildman–Crippen LogP) is 6.32. The van der Waals surface area contributed by atoms with E-state index in [0.29, 0.717) is 5.56 Å². The standard InChI is InChI=1S/C27H26N2O/c1-17-8-7-9-22(14-17)26-16-24(23-10-5-6-11-25(23)29-26)27(30)28-20(4)21-13-12-18(2)19(3)15-21/h5-16,20H,1-4H3,(H,28,30)/t20-/m1/s1. The van der Waals surface area contributed by atoms with Crippen LogP contribution < -0.4 is 5.32 Å². The van der Waals surface area contributed by atoms with Gasteiger partial charge in [-0.05, 0) is 62.6 Å². The maximum Gasteiger partial charge on any atom is 0.252 e. The molecule has 1 N–H and O–H groups in total. The van der Waals surface area contributed by atoms with E-state index in [9.17, 15) is 4.79 Å². The average Bonchev–Trinajstić information content (AvgIpc) is 2.74. The molecule has 0 fully saturated rings. The van der Waals surface area contributed by atoms with E-state index in [0.717, 1.165) is 33.3 Å². The summed E-state index contributed by atoms with van der Waals surface area (Å²) in [7, 11) is 0. The zero-order valence-corrected chi connectivity index (χ0v) is 17.9. The Hall–Kier alpha value is -3.46. The lowest BCUT2D eigenvalue weighted by atomic mass is 10.0. The molecule has 0 radical (unpaired) electrons. The summed E-state index contributed by atoms with van der Waals surface area (Å²) >= 11 is 0. The predicted molar refractivity (Wildman–Crippen MR) is 124 cm³/mol. The molecule has 0 spiro atoms. The summed E-state index contributed by atoms with van der Waals surface area (Å²) in [6, 6.07) is 24.1. The molecule has 4 aromatic rings. The molecule has 0 aliphatic carbocycles. The number of para-hydroxylation sites is 1. The van der Waals surface area contributed by atoms with Gasteiger partial charge in [0.25, 0.3) is 5.91 Å². The van der Waals surface area contributed by atoms with Crippen LogP contribution in [0.2, 0.25) is 0 Å². The zero-order chi connectivity index (χ0) is 21.3. The van der Waals surface area contributed by atoms with Gasteiger partial charge in [0.15, 0.2) is 0 Å². The number of carbonyl (C=O) groups excluding carboxylic acids is 1. The fourth-order valence-corrected chi connectivity index (χ4v) is 3.71. The topological polar surface area (TPSA) is 42.0 Å². The van der Waals surface area contributed by atoms with Gasteiger partial charge in [0.2, 0.25) is 0 Å². The zero-order valence-electron chi connectivity index (χ0n) is 17.9. The van der Waals surface area contributed by atoms with E-state index in [1.165, 1.54) is 11.1 Å². The second-order valence-electron chi connectivity index (χ2n) is 7.98. The number of nitrogens with one attached hydrogen (secondary N) is 1. The molecule has 0 aliphatic heterocycles. The van der Waals surface area contributed by atoms with Crippen molar-refractivity contribution in [3.05, 3.63) is 101 Å². The Morgan fingerprint density at radius 3 is 2.43 bits per heavy atom. The van der Waals surface area contributed by atoms with Crippen LogP contribution in [0.4, 0.5) is 0 Å². The van der Waals surface area contributed by atoms with Gasteiger partial charge in [-0.1, -0.05) is 60.2 Å². The van der Waals surface area contributed by atoms with Crippen molar-refractivity contribution in [3.8, 4) is 11.3 Å². The van der Waals surface area contributed by atoms with Crippen molar-refractivity contribution in [1.82, 2.24) is 10.3 Å². The number of amides is 1. The second kappa shape index (κ2) is 8.11. The van der Waals surface area contributed by atoms with Gasteiger partial charge >= 0.3 is 0 Å². The van der Waals surface area contributed by atoms with E-state index in [1.807, 2.05) is 49.4 Å². The monoisotopic (exact) mass is 394 g/mol. The largest absolute Gasteiger partial charge is 0.345 e. The Balaban J connectivity index is 1.73. The van der Waals surface area contributed by atoms with Gasteiger partial charge in [-0.2, -0.15) is 0 Å². The molecule has 0 saturated carbocycles. The minimum atomic E-state index is -0.0915. The van der Waals surface area contributed by atoms with Crippen molar-refractivity contribution in [1.29, 1.82) is 0 Å². The number of carbonyl (C=O) groups is 1. The highest BCUT2D eigenvalue weighted by Crippen LogP contribution is 2.26. The molecule has 0 unspecified atom stereocenters. The molecule has 3 heteroatoms. The lowest BCUT2D eigenvalue weighted by Crippen LogP contribution is -2.27. The molecule has 3 nitrogen and oxygen atoms in total. The van der Waals surface area contributed by atoms with E-state index in [-0.39, 0.29) is 11.9 Å². The van der Waals surface area contributed by atoms with Crippen molar-refractivity contribution < 1.29 is 4.79 Å². The van der Waals surface area contributed by atoms with Gasteiger partial charge in [0.1, 0.15) is 0 Å². The van der Waals surface area contributed by atoms with Crippen LogP contribution in [-0.2, 0) is 0 Å². The molecule has 1 amide bonds. The summed E-state index contributed by atoms with van der Waals surface area (Å²) < 4.78 is 0. The summed E-state index contributed by atoms with van der Waals surface area (Å²) in [4.78, 5) is 18.1. The molecule has 30 heavy (non-hydrogen) atoms. The average molecular weight is 395 g/mol. The Labute approximate surface area is 177 Å². The quantitative estimate of drug-likeness (QED) is 0.440. The van der Waals surface area contributed by atoms with Crippen LogP contribution in [-0.4, -0.2) is 10.9 Å². The molecule has 3 aromatic carbocycles. The number of pyridine rings is 1. The maximum absolute atomic E-state index is 13.3. The number of aryl methyl sites for hydroxylation is 3. The van der Waals surface area contributed by atoms with Crippen molar-refractivity contribution in [2.75, 3.05) is 0 Å². The van der Waals surface area contributed by atoms with Crippen molar-refractivity contribution in [2.24, 2.45) is 0 Å². The van der Waals surface area contributed by atoms with Gasteiger partial charge in [-0.3, -0.25) is 4.79 Å². The summed E-state index contributed by atoms with van der Waals surface area (Å²) in [5.41, 5.74) is 8.03. The molecular weight excluding hydrogens is 368 g/mol. The molecular formula is C27H26N2O. The van der Waals surface area contributed by atoms with E-state index >= 15 is 0 Å². The van der Waals surface area contributed by atoms with Gasteiger partial charge in [0, 0.05) is 10.9 Å². The molecule has 1 aromatic heterocycles. The lowest BCUT2D eigenvalue weighted by molar-refractivity contribution is 0.0941. The molecule has 0 saturated heterocycles. The highest BCUT2D eigenvalue weighted by Gasteiger charge is 2.17. The van der Waals surface area contributed by atoms with E-state index in [2.05, 4.69) is 56.4 Å². The first-order valence-electron chi connectivity index (χ1n) is 10.3. The third kappa shape index (κ3) is 3.97. The van der Waals surface area contributed by atoms with E-state index in [4.69, 9.17) is 4.98 Å². The van der Waals surface area contributed by atoms with Crippen molar-refractivity contribution in [2.45, 2.75) is 33.7 Å². The van der Waals surface area contributed by atoms with Crippen LogP contribution in [0.1, 0.15) is 45.6 Å². The molecule has 0 aliphatic rings. The summed E-state index contributed by atoms with van der Waals surface area (Å²) in [5.74, 6) is -0.0896. The van der Waals surface area contributed by atoms with Crippen LogP contribution in [0.25, 0.3) is 22.2 Å². The number of hydrogen-bond donors (Lipinski definition) is 1. The highest BCUT2D eigenvalue weighted by atomic mass is 16.1. The van der Waals surface area contributed by atoms with Gasteiger partial charge in [-0.25, -0.2) is 4.98 Å². The molecule has 1 heterocycles. The van der Waals surface area contributed by atoms with Gasteiger partial charge in [-0.15, -0.1) is 0 Å². The first kappa shape index (κ1) is 19.8. The van der Waals surface area contributed by atoms with Crippen molar-refractivity contribution >= 4 is 16.8 Å². The number of fused-ring (bicyclic) bond motifs is 1. The minimum Gasteiger partial charge on any atom is -0.345 e. The first-order valence-corrected chi connectivity index (χ1v) is 10.3. The fraction of sp³-hybridized carbons (Fsp3) is 0.185. The number of benzene rings is 3.